The molecule has 4 heteroatoms. The van der Waals surface area contributed by atoms with Gasteiger partial charge in [-0.3, -0.25) is 4.79 Å². The van der Waals surface area contributed by atoms with Gasteiger partial charge < -0.3 is 5.73 Å². The number of carbonyl (C=O) groups excluding carboxylic acids is 1. The predicted octanol–water partition coefficient (Wildman–Crippen LogP) is 2.51. The van der Waals surface area contributed by atoms with Gasteiger partial charge in [-0.1, -0.05) is 6.07 Å². The van der Waals surface area contributed by atoms with E-state index in [9.17, 15) is 9.18 Å². The number of Topliss-reactive ketones (excluding diaryl/α,β-unsaturated/α-hetero) is 1. The molecule has 1 aromatic carbocycles. The van der Waals surface area contributed by atoms with E-state index >= 15 is 0 Å². The first-order valence-electron chi connectivity index (χ1n) is 4.80. The zero-order valence-electron chi connectivity index (χ0n) is 8.09. The van der Waals surface area contributed by atoms with Crippen LogP contribution in [0.3, 0.4) is 0 Å². The summed E-state index contributed by atoms with van der Waals surface area (Å²) >= 11 is 3.06. The molecule has 0 aromatic heterocycles. The molecule has 0 amide bonds. The van der Waals surface area contributed by atoms with Crippen LogP contribution in [0, 0.1) is 11.2 Å². The molecule has 0 saturated heterocycles. The van der Waals surface area contributed by atoms with Crippen LogP contribution in [0.25, 0.3) is 0 Å². The lowest BCUT2D eigenvalue weighted by molar-refractivity contribution is 0.0901. The average molecular weight is 272 g/mol. The SMILES string of the molecule is NCC1(C(=O)c2cccc(Br)c2F)CC1. The molecule has 0 aliphatic heterocycles. The zero-order valence-corrected chi connectivity index (χ0v) is 9.68. The molecule has 2 rings (SSSR count). The number of halogens is 2. The fourth-order valence-corrected chi connectivity index (χ4v) is 2.01. The molecule has 1 fully saturated rings. The summed E-state index contributed by atoms with van der Waals surface area (Å²) in [6.07, 6.45) is 1.54. The van der Waals surface area contributed by atoms with Gasteiger partial charge in [-0.15, -0.1) is 0 Å². The Balaban J connectivity index is 2.38. The van der Waals surface area contributed by atoms with Crippen molar-refractivity contribution < 1.29 is 9.18 Å². The Morgan fingerprint density at radius 3 is 2.73 bits per heavy atom. The van der Waals surface area contributed by atoms with E-state index in [1.54, 1.807) is 12.1 Å². The van der Waals surface area contributed by atoms with Gasteiger partial charge in [0.15, 0.2) is 5.78 Å². The van der Waals surface area contributed by atoms with E-state index in [0.717, 1.165) is 12.8 Å². The Bertz CT molecular complexity index is 415. The first-order chi connectivity index (χ1) is 7.10. The monoisotopic (exact) mass is 271 g/mol. The van der Waals surface area contributed by atoms with Gasteiger partial charge in [0.25, 0.3) is 0 Å². The van der Waals surface area contributed by atoms with Crippen molar-refractivity contribution in [3.8, 4) is 0 Å². The molecule has 1 aromatic rings. The van der Waals surface area contributed by atoms with Crippen molar-refractivity contribution in [3.05, 3.63) is 34.1 Å². The van der Waals surface area contributed by atoms with Gasteiger partial charge in [-0.25, -0.2) is 4.39 Å². The molecule has 1 aliphatic rings. The number of hydrogen-bond donors (Lipinski definition) is 1. The van der Waals surface area contributed by atoms with Crippen LogP contribution in [-0.4, -0.2) is 12.3 Å². The first kappa shape index (κ1) is 10.8. The third-order valence-corrected chi connectivity index (χ3v) is 3.53. The molecule has 2 N–H and O–H groups in total. The lowest BCUT2D eigenvalue weighted by atomic mass is 9.94. The molecular weight excluding hydrogens is 261 g/mol. The van der Waals surface area contributed by atoms with Gasteiger partial charge in [0, 0.05) is 12.0 Å². The van der Waals surface area contributed by atoms with Crippen LogP contribution in [0.4, 0.5) is 4.39 Å². The topological polar surface area (TPSA) is 43.1 Å². The fourth-order valence-electron chi connectivity index (χ4n) is 1.64. The van der Waals surface area contributed by atoms with Crippen LogP contribution in [0.5, 0.6) is 0 Å². The Labute approximate surface area is 95.8 Å². The molecule has 0 spiro atoms. The quantitative estimate of drug-likeness (QED) is 0.859. The number of ketones is 1. The second kappa shape index (κ2) is 3.68. The van der Waals surface area contributed by atoms with Crippen LogP contribution >= 0.6 is 15.9 Å². The maximum Gasteiger partial charge on any atom is 0.173 e. The van der Waals surface area contributed by atoms with Crippen LogP contribution < -0.4 is 5.73 Å². The van der Waals surface area contributed by atoms with Gasteiger partial charge in [0.05, 0.1) is 10.0 Å². The maximum absolute atomic E-state index is 13.6. The minimum Gasteiger partial charge on any atom is -0.329 e. The van der Waals surface area contributed by atoms with E-state index in [1.165, 1.54) is 6.07 Å². The summed E-state index contributed by atoms with van der Waals surface area (Å²) in [6, 6.07) is 4.75. The number of carbonyl (C=O) groups is 1. The van der Waals surface area contributed by atoms with E-state index in [-0.39, 0.29) is 11.3 Å². The Morgan fingerprint density at radius 2 is 2.20 bits per heavy atom. The summed E-state index contributed by atoms with van der Waals surface area (Å²) in [5.74, 6) is -0.647. The lowest BCUT2D eigenvalue weighted by Gasteiger charge is -2.11. The van der Waals surface area contributed by atoms with Crippen LogP contribution in [0.1, 0.15) is 23.2 Å². The molecule has 0 atom stereocenters. The van der Waals surface area contributed by atoms with Gasteiger partial charge in [0.1, 0.15) is 5.82 Å². The van der Waals surface area contributed by atoms with Gasteiger partial charge in [-0.2, -0.15) is 0 Å². The molecule has 0 unspecified atom stereocenters. The van der Waals surface area contributed by atoms with E-state index in [1.807, 2.05) is 0 Å². The van der Waals surface area contributed by atoms with Crippen LogP contribution in [-0.2, 0) is 0 Å². The molecule has 1 saturated carbocycles. The van der Waals surface area contributed by atoms with E-state index in [4.69, 9.17) is 5.73 Å². The Hall–Kier alpha value is -0.740. The van der Waals surface area contributed by atoms with Gasteiger partial charge >= 0.3 is 0 Å². The molecule has 0 radical (unpaired) electrons. The molecule has 1 aliphatic carbocycles. The van der Waals surface area contributed by atoms with Crippen molar-refractivity contribution in [1.82, 2.24) is 0 Å². The normalized spacial score (nSPS) is 17.5. The number of hydrogen-bond acceptors (Lipinski definition) is 2. The molecular formula is C11H11BrFNO. The third-order valence-electron chi connectivity index (χ3n) is 2.92. The number of nitrogens with two attached hydrogens (primary N) is 1. The van der Waals surface area contributed by atoms with Crippen molar-refractivity contribution in [1.29, 1.82) is 0 Å². The highest BCUT2D eigenvalue weighted by atomic mass is 79.9. The summed E-state index contributed by atoms with van der Waals surface area (Å²) in [6.45, 7) is 0.303. The summed E-state index contributed by atoms with van der Waals surface area (Å²) in [5, 5.41) is 0. The second-order valence-corrected chi connectivity index (χ2v) is 4.77. The summed E-state index contributed by atoms with van der Waals surface area (Å²) in [4.78, 5) is 12.0. The lowest BCUT2D eigenvalue weighted by Crippen LogP contribution is -2.26. The maximum atomic E-state index is 13.6. The van der Waals surface area contributed by atoms with E-state index in [2.05, 4.69) is 15.9 Å². The molecule has 2 nitrogen and oxygen atoms in total. The van der Waals surface area contributed by atoms with E-state index < -0.39 is 11.2 Å². The second-order valence-electron chi connectivity index (χ2n) is 3.91. The fraction of sp³-hybridized carbons (Fsp3) is 0.364. The van der Waals surface area contributed by atoms with Crippen LogP contribution in [0.2, 0.25) is 0 Å². The highest BCUT2D eigenvalue weighted by Crippen LogP contribution is 2.47. The minimum atomic E-state index is -0.484. The summed E-state index contributed by atoms with van der Waals surface area (Å²) in [5.41, 5.74) is 5.20. The van der Waals surface area contributed by atoms with E-state index in [0.29, 0.717) is 11.0 Å². The molecule has 80 valence electrons. The van der Waals surface area contributed by atoms with Gasteiger partial charge in [0.2, 0.25) is 0 Å². The summed E-state index contributed by atoms with van der Waals surface area (Å²) in [7, 11) is 0. The van der Waals surface area contributed by atoms with Gasteiger partial charge in [-0.05, 0) is 40.9 Å². The smallest absolute Gasteiger partial charge is 0.173 e. The van der Waals surface area contributed by atoms with Crippen molar-refractivity contribution in [2.45, 2.75) is 12.8 Å². The Morgan fingerprint density at radius 1 is 1.53 bits per heavy atom. The molecule has 0 bridgehead atoms. The number of benzene rings is 1. The molecule has 0 heterocycles. The first-order valence-corrected chi connectivity index (χ1v) is 5.59. The largest absolute Gasteiger partial charge is 0.329 e. The minimum absolute atomic E-state index is 0.146. The zero-order chi connectivity index (χ0) is 11.1. The highest BCUT2D eigenvalue weighted by Gasteiger charge is 2.49. The predicted molar refractivity (Wildman–Crippen MR) is 59.2 cm³/mol. The number of rotatable bonds is 3. The highest BCUT2D eigenvalue weighted by molar-refractivity contribution is 9.10. The summed E-state index contributed by atoms with van der Waals surface area (Å²) < 4.78 is 14.0. The van der Waals surface area contributed by atoms with Crippen molar-refractivity contribution in [2.75, 3.05) is 6.54 Å². The Kier molecular flexibility index (Phi) is 2.64. The molecule has 15 heavy (non-hydrogen) atoms. The average Bonchev–Trinajstić information content (AvgIpc) is 3.02. The third kappa shape index (κ3) is 1.72. The van der Waals surface area contributed by atoms with Crippen molar-refractivity contribution in [2.24, 2.45) is 11.1 Å². The van der Waals surface area contributed by atoms with Crippen LogP contribution in [0.15, 0.2) is 22.7 Å². The standard InChI is InChI=1S/C11H11BrFNO/c12-8-3-1-2-7(9(8)13)10(15)11(6-14)4-5-11/h1-3H,4-6,14H2. The van der Waals surface area contributed by atoms with Crippen molar-refractivity contribution >= 4 is 21.7 Å². The van der Waals surface area contributed by atoms with Crippen molar-refractivity contribution in [3.63, 3.8) is 0 Å².